The number of hydrogen-bond acceptors (Lipinski definition) is 3. The van der Waals surface area contributed by atoms with Crippen molar-refractivity contribution in [1.29, 1.82) is 0 Å². The Bertz CT molecular complexity index is 231. The van der Waals surface area contributed by atoms with Gasteiger partial charge in [0.15, 0.2) is 0 Å². The lowest BCUT2D eigenvalue weighted by molar-refractivity contribution is -0.325. The van der Waals surface area contributed by atoms with Crippen LogP contribution in [0.15, 0.2) is 0 Å². The first-order chi connectivity index (χ1) is 7.56. The van der Waals surface area contributed by atoms with Gasteiger partial charge in [0.25, 0.3) is 0 Å². The quantitative estimate of drug-likeness (QED) is 0.796. The Hall–Kier alpha value is -0.330. The molecule has 16 heavy (non-hydrogen) atoms. The second-order valence-electron chi connectivity index (χ2n) is 4.44. The first kappa shape index (κ1) is 12.1. The van der Waals surface area contributed by atoms with Crippen LogP contribution in [0.2, 0.25) is 0 Å². The molecular formula is C10H17F3N2O. The van der Waals surface area contributed by atoms with Crippen LogP contribution in [0, 0.1) is 5.92 Å². The van der Waals surface area contributed by atoms with Gasteiger partial charge in [0, 0.05) is 32.2 Å². The molecule has 1 atom stereocenters. The average molecular weight is 238 g/mol. The zero-order valence-electron chi connectivity index (χ0n) is 9.09. The molecule has 0 aromatic rings. The molecule has 0 bridgehead atoms. The summed E-state index contributed by atoms with van der Waals surface area (Å²) in [4.78, 5) is 2.12. The lowest BCUT2D eigenvalue weighted by Gasteiger charge is -2.36. The van der Waals surface area contributed by atoms with E-state index in [1.54, 1.807) is 0 Å². The van der Waals surface area contributed by atoms with Gasteiger partial charge in [-0.2, -0.15) is 0 Å². The summed E-state index contributed by atoms with van der Waals surface area (Å²) in [5.41, 5.74) is 0. The predicted molar refractivity (Wildman–Crippen MR) is 53.0 cm³/mol. The maximum absolute atomic E-state index is 11.8. The molecule has 1 saturated carbocycles. The van der Waals surface area contributed by atoms with Crippen LogP contribution >= 0.6 is 0 Å². The first-order valence-corrected chi connectivity index (χ1v) is 5.72. The largest absolute Gasteiger partial charge is 0.522 e. The van der Waals surface area contributed by atoms with Crippen molar-refractivity contribution in [2.75, 3.05) is 32.8 Å². The van der Waals surface area contributed by atoms with Gasteiger partial charge in [0.1, 0.15) is 0 Å². The van der Waals surface area contributed by atoms with Crippen LogP contribution in [0.4, 0.5) is 13.2 Å². The van der Waals surface area contributed by atoms with Crippen LogP contribution in [-0.4, -0.2) is 50.1 Å². The van der Waals surface area contributed by atoms with Crippen molar-refractivity contribution in [1.82, 2.24) is 10.2 Å². The number of nitrogens with zero attached hydrogens (tertiary/aromatic N) is 1. The zero-order chi connectivity index (χ0) is 11.6. The van der Waals surface area contributed by atoms with E-state index in [0.29, 0.717) is 18.5 Å². The van der Waals surface area contributed by atoms with Crippen molar-refractivity contribution in [3.8, 4) is 0 Å². The molecule has 94 valence electrons. The zero-order valence-corrected chi connectivity index (χ0v) is 9.09. The van der Waals surface area contributed by atoms with Gasteiger partial charge in [-0.1, -0.05) is 0 Å². The van der Waals surface area contributed by atoms with E-state index >= 15 is 0 Å². The predicted octanol–water partition coefficient (Wildman–Crippen LogP) is 1.21. The Kier molecular flexibility index (Phi) is 3.71. The van der Waals surface area contributed by atoms with Gasteiger partial charge < -0.3 is 5.32 Å². The standard InChI is InChI=1S/C10H17F3N2O/c11-10(12,13)16-6-5-15-4-3-14-7-9(15)8-1-2-8/h8-9,14H,1-7H2. The third-order valence-corrected chi connectivity index (χ3v) is 3.21. The van der Waals surface area contributed by atoms with Gasteiger partial charge in [-0.05, 0) is 18.8 Å². The SMILES string of the molecule is FC(F)(F)OCCN1CCNCC1C1CC1. The topological polar surface area (TPSA) is 24.5 Å². The molecule has 0 spiro atoms. The highest BCUT2D eigenvalue weighted by molar-refractivity contribution is 4.92. The number of rotatable bonds is 4. The molecule has 2 rings (SSSR count). The Labute approximate surface area is 92.9 Å². The summed E-state index contributed by atoms with van der Waals surface area (Å²) in [7, 11) is 0. The maximum Gasteiger partial charge on any atom is 0.522 e. The molecular weight excluding hydrogens is 221 g/mol. The van der Waals surface area contributed by atoms with Crippen molar-refractivity contribution >= 4 is 0 Å². The second kappa shape index (κ2) is 4.89. The Morgan fingerprint density at radius 1 is 1.31 bits per heavy atom. The molecule has 0 aromatic carbocycles. The molecule has 2 fully saturated rings. The molecule has 1 saturated heterocycles. The van der Waals surface area contributed by atoms with E-state index in [4.69, 9.17) is 0 Å². The van der Waals surface area contributed by atoms with E-state index in [2.05, 4.69) is 15.0 Å². The van der Waals surface area contributed by atoms with E-state index in [0.717, 1.165) is 19.6 Å². The Morgan fingerprint density at radius 3 is 2.69 bits per heavy atom. The van der Waals surface area contributed by atoms with Crippen molar-refractivity contribution in [2.24, 2.45) is 5.92 Å². The van der Waals surface area contributed by atoms with Crippen LogP contribution in [-0.2, 0) is 4.74 Å². The van der Waals surface area contributed by atoms with Crippen LogP contribution in [0.3, 0.4) is 0 Å². The summed E-state index contributed by atoms with van der Waals surface area (Å²) in [5.74, 6) is 0.679. The lowest BCUT2D eigenvalue weighted by Crippen LogP contribution is -2.53. The van der Waals surface area contributed by atoms with Gasteiger partial charge in [0.05, 0.1) is 6.61 Å². The number of nitrogens with one attached hydrogen (secondary N) is 1. The molecule has 0 aromatic heterocycles. The molecule has 1 unspecified atom stereocenters. The Balaban J connectivity index is 1.73. The van der Waals surface area contributed by atoms with Crippen LogP contribution in [0.5, 0.6) is 0 Å². The molecule has 1 heterocycles. The number of ether oxygens (including phenoxy) is 1. The lowest BCUT2D eigenvalue weighted by atomic mass is 10.1. The van der Waals surface area contributed by atoms with E-state index in [9.17, 15) is 13.2 Å². The number of piperazine rings is 1. The summed E-state index contributed by atoms with van der Waals surface area (Å²) in [6, 6.07) is 0.408. The minimum atomic E-state index is -4.50. The molecule has 0 amide bonds. The van der Waals surface area contributed by atoms with E-state index < -0.39 is 6.36 Å². The Morgan fingerprint density at radius 2 is 2.06 bits per heavy atom. The van der Waals surface area contributed by atoms with Gasteiger partial charge in [-0.25, -0.2) is 0 Å². The highest BCUT2D eigenvalue weighted by Gasteiger charge is 2.37. The van der Waals surface area contributed by atoms with E-state index in [1.807, 2.05) is 0 Å². The molecule has 6 heteroatoms. The minimum Gasteiger partial charge on any atom is -0.314 e. The minimum absolute atomic E-state index is 0.257. The van der Waals surface area contributed by atoms with Crippen LogP contribution < -0.4 is 5.32 Å². The molecule has 0 radical (unpaired) electrons. The third kappa shape index (κ3) is 3.61. The molecule has 3 nitrogen and oxygen atoms in total. The fourth-order valence-electron chi connectivity index (χ4n) is 2.27. The van der Waals surface area contributed by atoms with Gasteiger partial charge in [0.2, 0.25) is 0 Å². The van der Waals surface area contributed by atoms with Crippen molar-refractivity contribution in [3.05, 3.63) is 0 Å². The van der Waals surface area contributed by atoms with Crippen LogP contribution in [0.25, 0.3) is 0 Å². The molecule has 1 aliphatic heterocycles. The highest BCUT2D eigenvalue weighted by atomic mass is 19.4. The third-order valence-electron chi connectivity index (χ3n) is 3.21. The normalized spacial score (nSPS) is 28.3. The van der Waals surface area contributed by atoms with Gasteiger partial charge in [-0.3, -0.25) is 9.64 Å². The number of hydrogen-bond donors (Lipinski definition) is 1. The van der Waals surface area contributed by atoms with Crippen molar-refractivity contribution in [2.45, 2.75) is 25.2 Å². The molecule has 2 aliphatic rings. The van der Waals surface area contributed by atoms with Crippen molar-refractivity contribution in [3.63, 3.8) is 0 Å². The summed E-state index contributed by atoms with van der Waals surface area (Å²) in [6.45, 7) is 2.70. The highest BCUT2D eigenvalue weighted by Crippen LogP contribution is 2.35. The summed E-state index contributed by atoms with van der Waals surface area (Å²) in [5, 5.41) is 3.29. The number of halogens is 3. The second-order valence-corrected chi connectivity index (χ2v) is 4.44. The first-order valence-electron chi connectivity index (χ1n) is 5.72. The van der Waals surface area contributed by atoms with Gasteiger partial charge in [-0.15, -0.1) is 13.2 Å². The summed E-state index contributed by atoms with van der Waals surface area (Å²) >= 11 is 0. The number of alkyl halides is 3. The van der Waals surface area contributed by atoms with E-state index in [1.165, 1.54) is 12.8 Å². The monoisotopic (exact) mass is 238 g/mol. The van der Waals surface area contributed by atoms with Crippen molar-refractivity contribution < 1.29 is 17.9 Å². The fraction of sp³-hybridized carbons (Fsp3) is 1.00. The fourth-order valence-corrected chi connectivity index (χ4v) is 2.27. The van der Waals surface area contributed by atoms with E-state index in [-0.39, 0.29) is 6.61 Å². The smallest absolute Gasteiger partial charge is 0.314 e. The summed E-state index contributed by atoms with van der Waals surface area (Å²) in [6.07, 6.45) is -2.07. The van der Waals surface area contributed by atoms with Crippen LogP contribution in [0.1, 0.15) is 12.8 Å². The summed E-state index contributed by atoms with van der Waals surface area (Å²) < 4.78 is 39.3. The molecule has 1 N–H and O–H groups in total. The maximum atomic E-state index is 11.8. The average Bonchev–Trinajstić information content (AvgIpc) is 3.00. The van der Waals surface area contributed by atoms with Gasteiger partial charge >= 0.3 is 6.36 Å². The molecule has 1 aliphatic carbocycles.